The van der Waals surface area contributed by atoms with Gasteiger partial charge in [0.15, 0.2) is 0 Å². The molecule has 3 aliphatic heterocycles. The van der Waals surface area contributed by atoms with Crippen LogP contribution in [-0.2, 0) is 79.9 Å². The number of amides is 4. The van der Waals surface area contributed by atoms with Gasteiger partial charge in [0, 0.05) is 131 Å². The minimum Gasteiger partial charge on any atom is -0.339 e. The molecule has 0 bridgehead atoms. The third-order valence-corrected chi connectivity index (χ3v) is 26.8. The number of benzene rings is 9. The van der Waals surface area contributed by atoms with Gasteiger partial charge < -0.3 is 19.6 Å². The normalized spacial score (nSPS) is 14.9. The summed E-state index contributed by atoms with van der Waals surface area (Å²) in [5, 5.41) is 0. The molecule has 0 aromatic heterocycles. The highest BCUT2D eigenvalue weighted by atomic mass is 32.2. The molecule has 3 saturated heterocycles. The van der Waals surface area contributed by atoms with Gasteiger partial charge in [0.2, 0.25) is 5.91 Å². The van der Waals surface area contributed by atoms with Crippen LogP contribution in [0.3, 0.4) is 0 Å². The predicted molar refractivity (Wildman–Crippen MR) is 455 cm³/mol. The largest absolute Gasteiger partial charge is 0.339 e. The van der Waals surface area contributed by atoms with Crippen LogP contribution in [0.1, 0.15) is 164 Å². The van der Waals surface area contributed by atoms with Crippen molar-refractivity contribution in [2.75, 3.05) is 99.2 Å². The highest BCUT2D eigenvalue weighted by molar-refractivity contribution is 7.93. The number of hydrogen-bond donors (Lipinski definition) is 3. The van der Waals surface area contributed by atoms with E-state index >= 15 is 9.59 Å². The third kappa shape index (κ3) is 20.9. The van der Waals surface area contributed by atoms with Crippen LogP contribution in [0.4, 0.5) is 17.1 Å². The van der Waals surface area contributed by atoms with E-state index in [1.54, 1.807) is 74.2 Å². The van der Waals surface area contributed by atoms with Gasteiger partial charge in [-0.05, 0) is 223 Å². The molecular formula is C92H109N9O10S3. The van der Waals surface area contributed by atoms with Crippen LogP contribution in [-0.4, -0.2) is 163 Å². The van der Waals surface area contributed by atoms with Crippen molar-refractivity contribution in [2.45, 2.75) is 153 Å². The van der Waals surface area contributed by atoms with E-state index in [-0.39, 0.29) is 74.9 Å². The van der Waals surface area contributed by atoms with Gasteiger partial charge in [-0.1, -0.05) is 162 Å². The number of carbonyl (C=O) groups is 4. The second kappa shape index (κ2) is 38.0. The standard InChI is InChI=1S/C92H109N9O10S3/c1-8-12-21-69-29-37-79(38-30-69)93-112(106,107)82-43-28-66(5)85(60-82)90(103)99-48-44-96(45-49-99)64-77-57-75(36-35-73(77)11-4)86-61-84(114(110,111)95-81-41-33-71(34-42-81)23-14-10-3)63-88(68(86)7)92(105)100-50-46-97(47-51-100)65-78(74-26-19-16-20-27-74)58-76-59-83(113(108,109)94-80-39-31-70(32-40-80)22-13-9-2)62-87(67(76)6)91(104)101-54-52-98(53-55-101)89(102)56-72-24-17-15-18-25-72/h15-20,24-43,57,59-63,78,93-95H,8-14,21-23,44-56,58,64-65H2,1-7H3. The molecule has 3 N–H and O–H groups in total. The fourth-order valence-electron chi connectivity index (χ4n) is 15.6. The smallest absolute Gasteiger partial charge is 0.261 e. The first kappa shape index (κ1) is 83.5. The van der Waals surface area contributed by atoms with Crippen LogP contribution in [0, 0.1) is 20.8 Å². The van der Waals surface area contributed by atoms with Crippen LogP contribution >= 0.6 is 0 Å². The fourth-order valence-corrected chi connectivity index (χ4v) is 18.9. The van der Waals surface area contributed by atoms with Crippen molar-refractivity contribution in [1.82, 2.24) is 29.4 Å². The van der Waals surface area contributed by atoms with Gasteiger partial charge in [0.1, 0.15) is 0 Å². The van der Waals surface area contributed by atoms with E-state index in [1.807, 2.05) is 112 Å². The number of rotatable bonds is 32. The summed E-state index contributed by atoms with van der Waals surface area (Å²) in [6.45, 7) is 19.8. The quantitative estimate of drug-likeness (QED) is 0.0358. The molecule has 3 fully saturated rings. The van der Waals surface area contributed by atoms with E-state index in [2.05, 4.69) is 75.9 Å². The zero-order valence-electron chi connectivity index (χ0n) is 66.9. The molecule has 0 aliphatic carbocycles. The summed E-state index contributed by atoms with van der Waals surface area (Å²) < 4.78 is 95.2. The molecule has 4 amide bonds. The molecular weight excluding hydrogens is 1490 g/mol. The number of anilines is 3. The van der Waals surface area contributed by atoms with Crippen molar-refractivity contribution in [3.8, 4) is 11.1 Å². The molecule has 114 heavy (non-hydrogen) atoms. The van der Waals surface area contributed by atoms with E-state index in [1.165, 1.54) is 24.3 Å². The number of nitrogens with one attached hydrogen (secondary N) is 3. The summed E-state index contributed by atoms with van der Waals surface area (Å²) >= 11 is 0. The highest BCUT2D eigenvalue weighted by Crippen LogP contribution is 2.36. The number of nitrogens with zero attached hydrogens (tertiary/aromatic N) is 6. The van der Waals surface area contributed by atoms with Crippen LogP contribution in [0.25, 0.3) is 11.1 Å². The SMILES string of the molecule is CCCCc1ccc(NS(=O)(=O)c2ccc(C)c(C(=O)N3CCN(Cc4cc(-c5cc(S(=O)(=O)Nc6ccc(CCCC)cc6)cc(C(=O)N6CCN(CC(Cc7cc(S(=O)(=O)Nc8ccc(CCCC)cc8)cc(C(=O)N8CCN(C(=O)Cc9ccccc9)CC8)c7C)c7ccccc7)CC6)c5C)ccc4CC)CC3)c2)cc1. The maximum atomic E-state index is 15.5. The molecule has 9 aromatic rings. The Morgan fingerprint density at radius 3 is 1.31 bits per heavy atom. The first-order valence-electron chi connectivity index (χ1n) is 40.4. The lowest BCUT2D eigenvalue weighted by Crippen LogP contribution is -2.51. The Morgan fingerprint density at radius 2 is 0.816 bits per heavy atom. The first-order valence-corrected chi connectivity index (χ1v) is 44.9. The number of piperazine rings is 3. The molecule has 3 aliphatic rings. The van der Waals surface area contributed by atoms with Crippen LogP contribution in [0.2, 0.25) is 0 Å². The Bertz CT molecular complexity index is 5220. The van der Waals surface area contributed by atoms with Gasteiger partial charge in [-0.25, -0.2) is 25.3 Å². The van der Waals surface area contributed by atoms with Gasteiger partial charge in [0.05, 0.1) is 21.1 Å². The van der Waals surface area contributed by atoms with Crippen molar-refractivity contribution in [3.63, 3.8) is 0 Å². The summed E-state index contributed by atoms with van der Waals surface area (Å²) in [6, 6.07) is 59.0. The molecule has 0 saturated carbocycles. The van der Waals surface area contributed by atoms with Crippen molar-refractivity contribution in [2.24, 2.45) is 0 Å². The summed E-state index contributed by atoms with van der Waals surface area (Å²) in [7, 11) is -12.6. The summed E-state index contributed by atoms with van der Waals surface area (Å²) in [5.74, 6) is -1.09. The Balaban J connectivity index is 0.777. The topological polar surface area (TPSA) is 226 Å². The van der Waals surface area contributed by atoms with Crippen molar-refractivity contribution < 1.29 is 44.4 Å². The van der Waals surface area contributed by atoms with E-state index in [4.69, 9.17) is 0 Å². The lowest BCUT2D eigenvalue weighted by atomic mass is 9.88. The molecule has 0 spiro atoms. The number of carbonyl (C=O) groups excluding carboxylic acids is 4. The van der Waals surface area contributed by atoms with Crippen LogP contribution in [0.5, 0.6) is 0 Å². The monoisotopic (exact) mass is 1600 g/mol. The Morgan fingerprint density at radius 1 is 0.386 bits per heavy atom. The lowest BCUT2D eigenvalue weighted by Gasteiger charge is -2.37. The summed E-state index contributed by atoms with van der Waals surface area (Å²) in [6.07, 6.45) is 10.2. The molecule has 12 rings (SSSR count). The minimum absolute atomic E-state index is 0.00262. The van der Waals surface area contributed by atoms with Gasteiger partial charge >= 0.3 is 0 Å². The molecule has 3 heterocycles. The zero-order valence-corrected chi connectivity index (χ0v) is 69.4. The van der Waals surface area contributed by atoms with Crippen LogP contribution < -0.4 is 14.2 Å². The van der Waals surface area contributed by atoms with Gasteiger partial charge in [-0.15, -0.1) is 0 Å². The maximum Gasteiger partial charge on any atom is 0.261 e. The second-order valence-electron chi connectivity index (χ2n) is 30.7. The lowest BCUT2D eigenvalue weighted by molar-refractivity contribution is -0.131. The molecule has 1 atom stereocenters. The number of sulfonamides is 3. The molecule has 0 radical (unpaired) electrons. The molecule has 1 unspecified atom stereocenters. The Hall–Kier alpha value is -9.97. The predicted octanol–water partition coefficient (Wildman–Crippen LogP) is 15.5. The van der Waals surface area contributed by atoms with E-state index in [0.29, 0.717) is 142 Å². The molecule has 22 heteroatoms. The van der Waals surface area contributed by atoms with E-state index < -0.39 is 30.1 Å². The highest BCUT2D eigenvalue weighted by Gasteiger charge is 2.34. The van der Waals surface area contributed by atoms with Gasteiger partial charge in [0.25, 0.3) is 47.8 Å². The second-order valence-corrected chi connectivity index (χ2v) is 35.8. The average molecular weight is 1600 g/mol. The molecule has 19 nitrogen and oxygen atoms in total. The Kier molecular flexibility index (Phi) is 27.8. The minimum atomic E-state index is -4.29. The van der Waals surface area contributed by atoms with Crippen LogP contribution in [0.15, 0.2) is 209 Å². The summed E-state index contributed by atoms with van der Waals surface area (Å²) in [5.41, 5.74) is 13.5. The van der Waals surface area contributed by atoms with Crippen molar-refractivity contribution >= 4 is 70.8 Å². The average Bonchev–Trinajstić information content (AvgIpc) is 0.770. The van der Waals surface area contributed by atoms with Gasteiger partial charge in [-0.2, -0.15) is 0 Å². The number of unbranched alkanes of at least 4 members (excludes halogenated alkanes) is 3. The number of hydrogen-bond acceptors (Lipinski definition) is 12. The molecule has 9 aromatic carbocycles. The third-order valence-electron chi connectivity index (χ3n) is 22.7. The summed E-state index contributed by atoms with van der Waals surface area (Å²) in [4.78, 5) is 69.9. The van der Waals surface area contributed by atoms with Crippen molar-refractivity contribution in [1.29, 1.82) is 0 Å². The van der Waals surface area contributed by atoms with E-state index in [0.717, 1.165) is 102 Å². The first-order chi connectivity index (χ1) is 54.9. The van der Waals surface area contributed by atoms with E-state index in [9.17, 15) is 34.8 Å². The van der Waals surface area contributed by atoms with Gasteiger partial charge in [-0.3, -0.25) is 43.1 Å². The fraction of sp³-hybridized carbons (Fsp3) is 0.370. The number of aryl methyl sites for hydroxylation is 5. The zero-order chi connectivity index (χ0) is 80.7. The van der Waals surface area contributed by atoms with Crippen molar-refractivity contribution in [3.05, 3.63) is 272 Å². The Labute approximate surface area is 675 Å². The maximum absolute atomic E-state index is 15.5. The molecule has 600 valence electrons.